The number of rotatable bonds is 8. The Morgan fingerprint density at radius 2 is 1.97 bits per heavy atom. The van der Waals surface area contributed by atoms with Gasteiger partial charge in [-0.15, -0.1) is 11.8 Å². The van der Waals surface area contributed by atoms with Crippen molar-refractivity contribution in [1.82, 2.24) is 10.2 Å². The van der Waals surface area contributed by atoms with Gasteiger partial charge in [-0.2, -0.15) is 0 Å². The predicted octanol–water partition coefficient (Wildman–Crippen LogP) is -3.99. The maximum Gasteiger partial charge on any atom is 1.00 e. The average molecular weight is 458 g/mol. The van der Waals surface area contributed by atoms with Gasteiger partial charge in [-0.3, -0.25) is 19.3 Å². The summed E-state index contributed by atoms with van der Waals surface area (Å²) in [6.07, 6.45) is 0. The third-order valence-corrected chi connectivity index (χ3v) is 5.89. The fraction of sp³-hybridized carbons (Fsp3) is 0.368. The Morgan fingerprint density at radius 3 is 2.55 bits per heavy atom. The third-order valence-electron chi connectivity index (χ3n) is 4.51. The average Bonchev–Trinajstić information content (AvgIpc) is 2.74. The van der Waals surface area contributed by atoms with Crippen molar-refractivity contribution < 1.29 is 68.1 Å². The number of β-lactam (4-membered cyclic amide) rings is 1. The fourth-order valence-corrected chi connectivity index (χ4v) is 4.56. The number of carbonyl (C=O) groups excluding carboxylic acids is 4. The van der Waals surface area contributed by atoms with Crippen LogP contribution < -0.4 is 44.7 Å². The van der Waals surface area contributed by atoms with Crippen LogP contribution in [0.2, 0.25) is 0 Å². The Labute approximate surface area is 204 Å². The van der Waals surface area contributed by atoms with Crippen LogP contribution in [-0.4, -0.2) is 65.8 Å². The van der Waals surface area contributed by atoms with Crippen molar-refractivity contribution in [2.75, 3.05) is 26.1 Å². The van der Waals surface area contributed by atoms with Crippen LogP contribution in [0.5, 0.6) is 5.75 Å². The molecule has 3 rings (SSSR count). The van der Waals surface area contributed by atoms with Gasteiger partial charge in [0, 0.05) is 25.4 Å². The van der Waals surface area contributed by atoms with Gasteiger partial charge in [0.25, 0.3) is 17.5 Å². The van der Waals surface area contributed by atoms with E-state index >= 15 is 0 Å². The van der Waals surface area contributed by atoms with Crippen molar-refractivity contribution in [3.63, 3.8) is 0 Å². The number of methoxy groups -OCH3 is 1. The van der Waals surface area contributed by atoms with Gasteiger partial charge in [0.1, 0.15) is 17.7 Å². The van der Waals surface area contributed by atoms with Crippen molar-refractivity contribution in [2.45, 2.75) is 18.0 Å². The minimum atomic E-state index is -1.74. The van der Waals surface area contributed by atoms with E-state index in [1.807, 2.05) is 0 Å². The van der Waals surface area contributed by atoms with E-state index < -0.39 is 34.9 Å². The number of thioether (sulfide) groups is 1. The molecule has 0 saturated carbocycles. The van der Waals surface area contributed by atoms with Crippen LogP contribution in [0.25, 0.3) is 0 Å². The molecule has 0 spiro atoms. The standard InChI is InChI=1S/C19H20N2O8S.Na/c1-11(22)28-8-12-10-30-18-19(27-2,17(26)21(18)15(12)16(24)25)20-14(23)9-29-13-6-4-3-5-7-13;/h3-7,18H,8-10H2,1-2H3,(H,20,23)(H,24,25);/q;+1/p-1/t18-,19?;/m0./s1. The zero-order valence-corrected chi connectivity index (χ0v) is 20.0. The Morgan fingerprint density at radius 1 is 1.29 bits per heavy atom. The summed E-state index contributed by atoms with van der Waals surface area (Å²) in [6.45, 7) is 0.551. The molecule has 1 fully saturated rings. The topological polar surface area (TPSA) is 134 Å². The summed E-state index contributed by atoms with van der Waals surface area (Å²) in [7, 11) is 1.24. The molecule has 0 aromatic heterocycles. The van der Waals surface area contributed by atoms with Crippen LogP contribution in [-0.2, 0) is 28.7 Å². The van der Waals surface area contributed by atoms with Crippen molar-refractivity contribution in [1.29, 1.82) is 0 Å². The molecule has 1 unspecified atom stereocenters. The summed E-state index contributed by atoms with van der Waals surface area (Å²) in [4.78, 5) is 48.9. The summed E-state index contributed by atoms with van der Waals surface area (Å²) in [5.74, 6) is -2.93. The Kier molecular flexibility index (Phi) is 8.55. The Hall–Kier alpha value is -2.05. The zero-order chi connectivity index (χ0) is 21.9. The summed E-state index contributed by atoms with van der Waals surface area (Å²) in [5, 5.41) is 13.3. The van der Waals surface area contributed by atoms with Crippen LogP contribution in [0.1, 0.15) is 6.92 Å². The van der Waals surface area contributed by atoms with E-state index in [4.69, 9.17) is 14.2 Å². The van der Waals surface area contributed by atoms with Gasteiger partial charge in [0.05, 0.1) is 11.7 Å². The van der Waals surface area contributed by atoms with E-state index in [0.29, 0.717) is 5.75 Å². The number of para-hydroxylation sites is 1. The smallest absolute Gasteiger partial charge is 0.543 e. The zero-order valence-electron chi connectivity index (χ0n) is 17.2. The first kappa shape index (κ1) is 25.2. The van der Waals surface area contributed by atoms with Gasteiger partial charge in [-0.05, 0) is 12.1 Å². The predicted molar refractivity (Wildman–Crippen MR) is 102 cm³/mol. The molecule has 1 aromatic rings. The maximum atomic E-state index is 12.9. The molecular formula is C19H19N2NaO8S. The van der Waals surface area contributed by atoms with E-state index in [0.717, 1.165) is 4.90 Å². The number of benzene rings is 1. The Balaban J connectivity index is 0.00000341. The molecule has 1 saturated heterocycles. The maximum absolute atomic E-state index is 12.9. The van der Waals surface area contributed by atoms with E-state index in [9.17, 15) is 24.3 Å². The molecule has 2 amide bonds. The number of ether oxygens (including phenoxy) is 3. The number of hydrogen-bond acceptors (Lipinski definition) is 9. The van der Waals surface area contributed by atoms with Gasteiger partial charge in [0.2, 0.25) is 0 Å². The number of amides is 2. The van der Waals surface area contributed by atoms with Crippen molar-refractivity contribution in [3.05, 3.63) is 41.6 Å². The van der Waals surface area contributed by atoms with E-state index in [-0.39, 0.29) is 59.8 Å². The molecule has 0 radical (unpaired) electrons. The summed E-state index contributed by atoms with van der Waals surface area (Å²) >= 11 is 1.17. The van der Waals surface area contributed by atoms with Crippen LogP contribution in [0.15, 0.2) is 41.6 Å². The Bertz CT molecular complexity index is 909. The van der Waals surface area contributed by atoms with Crippen LogP contribution in [0.4, 0.5) is 0 Å². The largest absolute Gasteiger partial charge is 1.00 e. The number of carboxylic acids is 1. The fourth-order valence-electron chi connectivity index (χ4n) is 3.14. The second-order valence-corrected chi connectivity index (χ2v) is 7.52. The molecule has 2 heterocycles. The molecule has 31 heavy (non-hydrogen) atoms. The first-order valence-electron chi connectivity index (χ1n) is 8.86. The van der Waals surface area contributed by atoms with E-state index in [1.165, 1.54) is 25.8 Å². The van der Waals surface area contributed by atoms with Crippen LogP contribution in [0.3, 0.4) is 0 Å². The summed E-state index contributed by atoms with van der Waals surface area (Å²) in [5.41, 5.74) is -1.90. The quantitative estimate of drug-likeness (QED) is 0.179. The summed E-state index contributed by atoms with van der Waals surface area (Å²) < 4.78 is 15.6. The first-order valence-corrected chi connectivity index (χ1v) is 9.91. The van der Waals surface area contributed by atoms with Gasteiger partial charge in [-0.25, -0.2) is 0 Å². The number of nitrogens with zero attached hydrogens (tertiary/aromatic N) is 1. The van der Waals surface area contributed by atoms with Crippen LogP contribution >= 0.6 is 11.8 Å². The molecule has 2 atom stereocenters. The van der Waals surface area contributed by atoms with Gasteiger partial charge in [0.15, 0.2) is 6.61 Å². The number of fused-ring (bicyclic) bond motifs is 1. The van der Waals surface area contributed by atoms with Gasteiger partial charge in [-0.1, -0.05) is 18.2 Å². The monoisotopic (exact) mass is 458 g/mol. The van der Waals surface area contributed by atoms with Gasteiger partial charge >= 0.3 is 35.5 Å². The second-order valence-electron chi connectivity index (χ2n) is 6.45. The molecular weight excluding hydrogens is 439 g/mol. The second kappa shape index (κ2) is 10.5. The van der Waals surface area contributed by atoms with Crippen LogP contribution in [0, 0.1) is 0 Å². The summed E-state index contributed by atoms with van der Waals surface area (Å²) in [6, 6.07) is 8.64. The number of nitrogens with one attached hydrogen (secondary N) is 1. The molecule has 2 aliphatic rings. The van der Waals surface area contributed by atoms with E-state index in [1.54, 1.807) is 30.3 Å². The minimum Gasteiger partial charge on any atom is -0.543 e. The van der Waals surface area contributed by atoms with E-state index in [2.05, 4.69) is 5.32 Å². The molecule has 10 nitrogen and oxygen atoms in total. The SMILES string of the molecule is COC1(NC(=O)COc2ccccc2)C(=O)N2C(C(=O)[O-])=C(COC(C)=O)CS[C@H]21.[Na+]. The third kappa shape index (κ3) is 5.07. The number of carbonyl (C=O) groups is 4. The molecule has 1 N–H and O–H groups in total. The molecule has 2 aliphatic heterocycles. The van der Waals surface area contributed by atoms with Crippen molar-refractivity contribution >= 4 is 35.5 Å². The van der Waals surface area contributed by atoms with Crippen molar-refractivity contribution in [3.8, 4) is 5.75 Å². The molecule has 12 heteroatoms. The number of hydrogen-bond donors (Lipinski definition) is 1. The normalized spacial score (nSPS) is 21.9. The molecule has 160 valence electrons. The number of esters is 1. The molecule has 0 aliphatic carbocycles. The van der Waals surface area contributed by atoms with Crippen molar-refractivity contribution in [2.24, 2.45) is 0 Å². The molecule has 0 bridgehead atoms. The minimum absolute atomic E-state index is 0. The number of aliphatic carboxylic acids is 1. The molecule has 1 aromatic carbocycles. The first-order chi connectivity index (χ1) is 14.3. The number of carboxylic acid groups (broad SMARTS) is 1. The van der Waals surface area contributed by atoms with Gasteiger partial charge < -0.3 is 29.4 Å².